The first-order valence-electron chi connectivity index (χ1n) is 7.93. The van der Waals surface area contributed by atoms with Crippen molar-refractivity contribution in [3.63, 3.8) is 0 Å². The van der Waals surface area contributed by atoms with Crippen LogP contribution < -0.4 is 10.1 Å². The topological polar surface area (TPSA) is 75.7 Å². The molecule has 0 unspecified atom stereocenters. The van der Waals surface area contributed by atoms with Crippen molar-refractivity contribution in [1.29, 1.82) is 0 Å². The predicted octanol–water partition coefficient (Wildman–Crippen LogP) is 2.72. The second kappa shape index (κ2) is 8.46. The maximum atomic E-state index is 12.5. The highest BCUT2D eigenvalue weighted by molar-refractivity contribution is 7.91. The normalized spacial score (nSPS) is 11.5. The van der Waals surface area contributed by atoms with E-state index in [1.54, 1.807) is 43.5 Å². The molecule has 0 fully saturated rings. The number of nitrogens with one attached hydrogen (secondary N) is 1. The van der Waals surface area contributed by atoms with Crippen LogP contribution in [0, 0.1) is 0 Å². The number of methoxy groups -OCH3 is 1. The summed E-state index contributed by atoms with van der Waals surface area (Å²) in [5, 5.41) is 2.80. The molecule has 1 aromatic heterocycles. The Morgan fingerprint density at radius 2 is 1.92 bits per heavy atom. The zero-order valence-electron chi connectivity index (χ0n) is 14.5. The predicted molar refractivity (Wildman–Crippen MR) is 98.6 cm³/mol. The number of nitrogens with zero attached hydrogens (tertiary/aromatic N) is 1. The van der Waals surface area contributed by atoms with Crippen molar-refractivity contribution in [2.75, 3.05) is 20.2 Å². The van der Waals surface area contributed by atoms with Gasteiger partial charge < -0.3 is 10.1 Å². The number of thiophene rings is 1. The molecule has 0 aliphatic heterocycles. The number of benzene rings is 1. The average molecular weight is 383 g/mol. The Balaban J connectivity index is 2.05. The van der Waals surface area contributed by atoms with Gasteiger partial charge in [-0.1, -0.05) is 19.9 Å². The summed E-state index contributed by atoms with van der Waals surface area (Å²) in [6.07, 6.45) is 0. The van der Waals surface area contributed by atoms with E-state index in [-0.39, 0.29) is 12.5 Å². The van der Waals surface area contributed by atoms with Gasteiger partial charge in [-0.25, -0.2) is 8.42 Å². The summed E-state index contributed by atoms with van der Waals surface area (Å²) in [4.78, 5) is 13.0. The first-order valence-corrected chi connectivity index (χ1v) is 10.2. The number of amides is 1. The molecule has 1 amide bonds. The zero-order chi connectivity index (χ0) is 18.4. The van der Waals surface area contributed by atoms with E-state index in [1.165, 1.54) is 15.6 Å². The van der Waals surface area contributed by atoms with E-state index in [9.17, 15) is 13.2 Å². The molecule has 136 valence electrons. The molecule has 1 heterocycles. The Bertz CT molecular complexity index is 827. The van der Waals surface area contributed by atoms with E-state index in [4.69, 9.17) is 4.74 Å². The van der Waals surface area contributed by atoms with Crippen molar-refractivity contribution < 1.29 is 17.9 Å². The molecule has 0 aliphatic carbocycles. The van der Waals surface area contributed by atoms with Crippen molar-refractivity contribution in [3.8, 4) is 5.75 Å². The molecule has 0 saturated carbocycles. The van der Waals surface area contributed by atoms with Crippen LogP contribution in [0.5, 0.6) is 5.75 Å². The Kier molecular flexibility index (Phi) is 6.57. The standard InChI is InChI=1S/C17H22N2O4S2/c1-4-19(5-2)25(21,22)16-10-9-15(24-16)12-18-17(20)13-7-6-8-14(11-13)23-3/h6-11H,4-5,12H2,1-3H3,(H,18,20). The van der Waals surface area contributed by atoms with Gasteiger partial charge in [0, 0.05) is 23.5 Å². The average Bonchev–Trinajstić information content (AvgIpc) is 3.10. The largest absolute Gasteiger partial charge is 0.497 e. The third-order valence-electron chi connectivity index (χ3n) is 3.69. The molecule has 2 aromatic rings. The van der Waals surface area contributed by atoms with Crippen LogP contribution in [0.25, 0.3) is 0 Å². The number of sulfonamides is 1. The Morgan fingerprint density at radius 1 is 1.20 bits per heavy atom. The van der Waals surface area contributed by atoms with Crippen molar-refractivity contribution in [2.24, 2.45) is 0 Å². The number of carbonyl (C=O) groups excluding carboxylic acids is 1. The van der Waals surface area contributed by atoms with Gasteiger partial charge in [0.1, 0.15) is 9.96 Å². The van der Waals surface area contributed by atoms with Gasteiger partial charge in [-0.2, -0.15) is 4.31 Å². The van der Waals surface area contributed by atoms with Crippen LogP contribution in [0.4, 0.5) is 0 Å². The monoisotopic (exact) mass is 382 g/mol. The van der Waals surface area contributed by atoms with Gasteiger partial charge in [0.2, 0.25) is 0 Å². The van der Waals surface area contributed by atoms with E-state index in [1.807, 2.05) is 13.8 Å². The Hall–Kier alpha value is -1.90. The lowest BCUT2D eigenvalue weighted by atomic mass is 10.2. The van der Waals surface area contributed by atoms with Crippen LogP contribution in [-0.2, 0) is 16.6 Å². The summed E-state index contributed by atoms with van der Waals surface area (Å²) < 4.78 is 31.8. The van der Waals surface area contributed by atoms with Gasteiger partial charge in [-0.05, 0) is 30.3 Å². The van der Waals surface area contributed by atoms with Gasteiger partial charge >= 0.3 is 0 Å². The second-order valence-electron chi connectivity index (χ2n) is 5.22. The van der Waals surface area contributed by atoms with Gasteiger partial charge in [0.15, 0.2) is 0 Å². The number of hydrogen-bond acceptors (Lipinski definition) is 5. The number of hydrogen-bond donors (Lipinski definition) is 1. The van der Waals surface area contributed by atoms with Crippen molar-refractivity contribution >= 4 is 27.3 Å². The SMILES string of the molecule is CCN(CC)S(=O)(=O)c1ccc(CNC(=O)c2cccc(OC)c2)s1. The minimum atomic E-state index is -3.46. The molecule has 8 heteroatoms. The van der Waals surface area contributed by atoms with Crippen LogP contribution in [0.15, 0.2) is 40.6 Å². The maximum absolute atomic E-state index is 12.5. The van der Waals surface area contributed by atoms with E-state index in [2.05, 4.69) is 5.32 Å². The summed E-state index contributed by atoms with van der Waals surface area (Å²) in [5.41, 5.74) is 0.492. The van der Waals surface area contributed by atoms with Gasteiger partial charge in [0.05, 0.1) is 13.7 Å². The third kappa shape index (κ3) is 4.59. The number of carbonyl (C=O) groups is 1. The second-order valence-corrected chi connectivity index (χ2v) is 8.56. The molecule has 25 heavy (non-hydrogen) atoms. The van der Waals surface area contributed by atoms with Gasteiger partial charge in [-0.15, -0.1) is 11.3 Å². The molecule has 0 saturated heterocycles. The summed E-state index contributed by atoms with van der Waals surface area (Å²) in [7, 11) is -1.92. The van der Waals surface area contributed by atoms with Gasteiger partial charge in [-0.3, -0.25) is 4.79 Å². The smallest absolute Gasteiger partial charge is 0.252 e. The Labute approximate surface area is 152 Å². The first-order chi connectivity index (χ1) is 11.9. The summed E-state index contributed by atoms with van der Waals surface area (Å²) in [5.74, 6) is 0.372. The molecule has 0 atom stereocenters. The minimum absolute atomic E-state index is 0.236. The highest BCUT2D eigenvalue weighted by Gasteiger charge is 2.23. The van der Waals surface area contributed by atoms with E-state index >= 15 is 0 Å². The van der Waals surface area contributed by atoms with Crippen molar-refractivity contribution in [2.45, 2.75) is 24.6 Å². The summed E-state index contributed by atoms with van der Waals surface area (Å²) in [6, 6.07) is 10.2. The molecule has 2 rings (SSSR count). The Morgan fingerprint density at radius 3 is 2.56 bits per heavy atom. The van der Waals surface area contributed by atoms with E-state index in [0.717, 1.165) is 4.88 Å². The molecule has 1 aromatic carbocycles. The number of rotatable bonds is 8. The molecule has 0 spiro atoms. The first kappa shape index (κ1) is 19.4. The van der Waals surface area contributed by atoms with Crippen LogP contribution >= 0.6 is 11.3 Å². The molecule has 0 aliphatic rings. The molecule has 0 radical (unpaired) electrons. The van der Waals surface area contributed by atoms with Crippen LogP contribution in [0.2, 0.25) is 0 Å². The van der Waals surface area contributed by atoms with Crippen molar-refractivity contribution in [1.82, 2.24) is 9.62 Å². The third-order valence-corrected chi connectivity index (χ3v) is 7.29. The lowest BCUT2D eigenvalue weighted by molar-refractivity contribution is 0.0951. The molecule has 1 N–H and O–H groups in total. The lowest BCUT2D eigenvalue weighted by Crippen LogP contribution is -2.30. The fraction of sp³-hybridized carbons (Fsp3) is 0.353. The lowest BCUT2D eigenvalue weighted by Gasteiger charge is -2.16. The number of ether oxygens (including phenoxy) is 1. The molecular formula is C17H22N2O4S2. The quantitative estimate of drug-likeness (QED) is 0.762. The maximum Gasteiger partial charge on any atom is 0.252 e. The zero-order valence-corrected chi connectivity index (χ0v) is 16.1. The van der Waals surface area contributed by atoms with Gasteiger partial charge in [0.25, 0.3) is 15.9 Å². The van der Waals surface area contributed by atoms with E-state index < -0.39 is 10.0 Å². The molecular weight excluding hydrogens is 360 g/mol. The fourth-order valence-electron chi connectivity index (χ4n) is 2.32. The highest BCUT2D eigenvalue weighted by Crippen LogP contribution is 2.25. The molecule has 6 nitrogen and oxygen atoms in total. The fourth-order valence-corrected chi connectivity index (χ4v) is 5.22. The summed E-state index contributed by atoms with van der Waals surface area (Å²) in [6.45, 7) is 4.75. The van der Waals surface area contributed by atoms with Crippen LogP contribution in [0.3, 0.4) is 0 Å². The van der Waals surface area contributed by atoms with Crippen molar-refractivity contribution in [3.05, 3.63) is 46.8 Å². The molecule has 0 bridgehead atoms. The van der Waals surface area contributed by atoms with E-state index in [0.29, 0.717) is 28.6 Å². The van der Waals surface area contributed by atoms with Crippen LogP contribution in [0.1, 0.15) is 29.1 Å². The summed E-state index contributed by atoms with van der Waals surface area (Å²) >= 11 is 1.17. The van der Waals surface area contributed by atoms with Crippen LogP contribution in [-0.4, -0.2) is 38.8 Å². The highest BCUT2D eigenvalue weighted by atomic mass is 32.2. The minimum Gasteiger partial charge on any atom is -0.497 e.